The van der Waals surface area contributed by atoms with Crippen LogP contribution in [0.1, 0.15) is 31.0 Å². The number of carbonyl (C=O) groups excluding carboxylic acids is 1. The van der Waals surface area contributed by atoms with Gasteiger partial charge in [-0.2, -0.15) is 0 Å². The number of piperidine rings is 1. The number of benzene rings is 1. The zero-order valence-corrected chi connectivity index (χ0v) is 17.0. The summed E-state index contributed by atoms with van der Waals surface area (Å²) in [5.41, 5.74) is 2.23. The van der Waals surface area contributed by atoms with E-state index in [2.05, 4.69) is 10.1 Å². The summed E-state index contributed by atoms with van der Waals surface area (Å²) in [6.45, 7) is 5.07. The van der Waals surface area contributed by atoms with E-state index in [0.717, 1.165) is 37.1 Å². The zero-order chi connectivity index (χ0) is 20.5. The number of nitrogens with zero attached hydrogens (tertiary/aromatic N) is 3. The van der Waals surface area contributed by atoms with E-state index in [1.54, 1.807) is 4.90 Å². The zero-order valence-electron chi connectivity index (χ0n) is 16.2. The molecule has 0 aliphatic carbocycles. The number of phenols is 2. The van der Waals surface area contributed by atoms with Crippen LogP contribution >= 0.6 is 11.6 Å². The number of aromatic nitrogens is 1. The predicted octanol–water partition coefficient (Wildman–Crippen LogP) is 3.39. The summed E-state index contributed by atoms with van der Waals surface area (Å²) in [5, 5.41) is 24.3. The molecule has 1 aromatic heterocycles. The SMILES string of the molecule is CCOC(=O)N1CCC(N2CCc3noc(-c4cc(Cl)c(O)cc4O)c3C2)CC1. The third-order valence-corrected chi connectivity index (χ3v) is 5.99. The lowest BCUT2D eigenvalue weighted by Crippen LogP contribution is -2.48. The highest BCUT2D eigenvalue weighted by atomic mass is 35.5. The van der Waals surface area contributed by atoms with Crippen molar-refractivity contribution in [2.24, 2.45) is 0 Å². The normalized spacial score (nSPS) is 17.9. The van der Waals surface area contributed by atoms with Gasteiger partial charge in [-0.25, -0.2) is 4.79 Å². The fourth-order valence-corrected chi connectivity index (χ4v) is 4.28. The molecule has 2 aromatic rings. The first-order chi connectivity index (χ1) is 14.0. The van der Waals surface area contributed by atoms with Crippen molar-refractivity contribution in [1.82, 2.24) is 15.0 Å². The maximum absolute atomic E-state index is 11.9. The van der Waals surface area contributed by atoms with Gasteiger partial charge >= 0.3 is 6.09 Å². The average molecular weight is 422 g/mol. The van der Waals surface area contributed by atoms with E-state index in [0.29, 0.717) is 43.6 Å². The molecule has 9 heteroatoms. The maximum atomic E-state index is 11.9. The number of carbonyl (C=O) groups is 1. The summed E-state index contributed by atoms with van der Waals surface area (Å²) < 4.78 is 10.6. The van der Waals surface area contributed by atoms with Crippen molar-refractivity contribution in [3.63, 3.8) is 0 Å². The lowest BCUT2D eigenvalue weighted by molar-refractivity contribution is 0.0706. The first kappa shape index (κ1) is 19.8. The van der Waals surface area contributed by atoms with Crippen LogP contribution in [-0.4, -0.2) is 63.5 Å². The number of halogens is 1. The van der Waals surface area contributed by atoms with Gasteiger partial charge in [-0.15, -0.1) is 0 Å². The second-order valence-electron chi connectivity index (χ2n) is 7.40. The van der Waals surface area contributed by atoms with Crippen molar-refractivity contribution >= 4 is 17.7 Å². The highest BCUT2D eigenvalue weighted by Crippen LogP contribution is 2.41. The second-order valence-corrected chi connectivity index (χ2v) is 7.80. The molecule has 8 nitrogen and oxygen atoms in total. The molecule has 156 valence electrons. The smallest absolute Gasteiger partial charge is 0.409 e. The number of amides is 1. The lowest BCUT2D eigenvalue weighted by Gasteiger charge is -2.39. The van der Waals surface area contributed by atoms with Gasteiger partial charge in [0.05, 0.1) is 22.9 Å². The Labute approximate surface area is 173 Å². The Morgan fingerprint density at radius 3 is 2.76 bits per heavy atom. The quantitative estimate of drug-likeness (QED) is 0.783. The Kier molecular flexibility index (Phi) is 5.56. The molecule has 1 saturated heterocycles. The summed E-state index contributed by atoms with van der Waals surface area (Å²) in [5.74, 6) is 0.190. The van der Waals surface area contributed by atoms with E-state index in [4.69, 9.17) is 20.9 Å². The standard InChI is InChI=1S/C20H24ClN3O5/c1-2-28-20(27)23-6-3-12(4-7-23)24-8-5-16-14(11-24)19(29-22-16)13-9-15(21)18(26)10-17(13)25/h9-10,12,25-26H,2-8,11H2,1H3. The highest BCUT2D eigenvalue weighted by Gasteiger charge is 2.32. The number of aromatic hydroxyl groups is 2. The molecule has 2 aliphatic heterocycles. The van der Waals surface area contributed by atoms with Crippen LogP contribution in [-0.2, 0) is 17.7 Å². The molecule has 0 bridgehead atoms. The van der Waals surface area contributed by atoms with Gasteiger partial charge in [0.2, 0.25) is 0 Å². The summed E-state index contributed by atoms with van der Waals surface area (Å²) >= 11 is 6.02. The highest BCUT2D eigenvalue weighted by molar-refractivity contribution is 6.32. The molecule has 29 heavy (non-hydrogen) atoms. The van der Waals surface area contributed by atoms with Gasteiger partial charge in [0, 0.05) is 50.3 Å². The molecule has 3 heterocycles. The van der Waals surface area contributed by atoms with E-state index >= 15 is 0 Å². The van der Waals surface area contributed by atoms with E-state index in [1.165, 1.54) is 12.1 Å². The summed E-state index contributed by atoms with van der Waals surface area (Å²) in [6.07, 6.45) is 2.27. The minimum atomic E-state index is -0.243. The predicted molar refractivity (Wildman–Crippen MR) is 106 cm³/mol. The van der Waals surface area contributed by atoms with Crippen molar-refractivity contribution in [3.05, 3.63) is 28.4 Å². The Bertz CT molecular complexity index is 908. The minimum absolute atomic E-state index is 0.106. The maximum Gasteiger partial charge on any atom is 0.409 e. The van der Waals surface area contributed by atoms with Gasteiger partial charge in [0.25, 0.3) is 0 Å². The first-order valence-electron chi connectivity index (χ1n) is 9.83. The molecule has 1 aromatic carbocycles. The fourth-order valence-electron chi connectivity index (χ4n) is 4.12. The van der Waals surface area contributed by atoms with Crippen LogP contribution in [0, 0.1) is 0 Å². The summed E-state index contributed by atoms with van der Waals surface area (Å²) in [6, 6.07) is 3.05. The van der Waals surface area contributed by atoms with Crippen molar-refractivity contribution in [3.8, 4) is 22.8 Å². The second kappa shape index (κ2) is 8.12. The summed E-state index contributed by atoms with van der Waals surface area (Å²) in [7, 11) is 0. The van der Waals surface area contributed by atoms with Gasteiger partial charge < -0.3 is 24.4 Å². The molecule has 4 rings (SSSR count). The molecule has 0 unspecified atom stereocenters. The van der Waals surface area contributed by atoms with Crippen molar-refractivity contribution in [2.75, 3.05) is 26.2 Å². The number of fused-ring (bicyclic) bond motifs is 1. The van der Waals surface area contributed by atoms with Crippen molar-refractivity contribution in [1.29, 1.82) is 0 Å². The van der Waals surface area contributed by atoms with E-state index in [-0.39, 0.29) is 22.6 Å². The monoisotopic (exact) mass is 421 g/mol. The first-order valence-corrected chi connectivity index (χ1v) is 10.2. The lowest BCUT2D eigenvalue weighted by atomic mass is 9.96. The molecule has 1 amide bonds. The van der Waals surface area contributed by atoms with Gasteiger partial charge in [-0.1, -0.05) is 16.8 Å². The molecular weight excluding hydrogens is 398 g/mol. The summed E-state index contributed by atoms with van der Waals surface area (Å²) in [4.78, 5) is 16.1. The molecule has 0 saturated carbocycles. The topological polar surface area (TPSA) is 99.3 Å². The van der Waals surface area contributed by atoms with Crippen molar-refractivity contribution in [2.45, 2.75) is 38.8 Å². The molecule has 1 fully saturated rings. The van der Waals surface area contributed by atoms with Gasteiger partial charge in [0.1, 0.15) is 11.5 Å². The van der Waals surface area contributed by atoms with E-state index in [9.17, 15) is 15.0 Å². The van der Waals surface area contributed by atoms with Crippen LogP contribution < -0.4 is 0 Å². The number of hydrogen-bond donors (Lipinski definition) is 2. The van der Waals surface area contributed by atoms with Crippen LogP contribution in [0.25, 0.3) is 11.3 Å². The van der Waals surface area contributed by atoms with Gasteiger partial charge in [0.15, 0.2) is 5.76 Å². The van der Waals surface area contributed by atoms with Crippen LogP contribution in [0.5, 0.6) is 11.5 Å². The van der Waals surface area contributed by atoms with Crippen LogP contribution in [0.15, 0.2) is 16.7 Å². The Hall–Kier alpha value is -2.45. The number of ether oxygens (including phenoxy) is 1. The fraction of sp³-hybridized carbons (Fsp3) is 0.500. The van der Waals surface area contributed by atoms with Crippen LogP contribution in [0.4, 0.5) is 4.79 Å². The van der Waals surface area contributed by atoms with Crippen LogP contribution in [0.3, 0.4) is 0 Å². The molecule has 0 atom stereocenters. The Morgan fingerprint density at radius 1 is 1.28 bits per heavy atom. The Morgan fingerprint density at radius 2 is 2.03 bits per heavy atom. The third-order valence-electron chi connectivity index (χ3n) is 5.68. The van der Waals surface area contributed by atoms with E-state index < -0.39 is 0 Å². The number of rotatable bonds is 3. The molecule has 2 N–H and O–H groups in total. The number of likely N-dealkylation sites (tertiary alicyclic amines) is 1. The van der Waals surface area contributed by atoms with Crippen molar-refractivity contribution < 1.29 is 24.3 Å². The number of phenolic OH excluding ortho intramolecular Hbond substituents is 2. The van der Waals surface area contributed by atoms with E-state index in [1.807, 2.05) is 6.92 Å². The largest absolute Gasteiger partial charge is 0.507 e. The van der Waals surface area contributed by atoms with Gasteiger partial charge in [-0.05, 0) is 25.8 Å². The molecule has 2 aliphatic rings. The average Bonchev–Trinajstić information content (AvgIpc) is 3.14. The van der Waals surface area contributed by atoms with Crippen LogP contribution in [0.2, 0.25) is 5.02 Å². The minimum Gasteiger partial charge on any atom is -0.507 e. The van der Waals surface area contributed by atoms with Gasteiger partial charge in [-0.3, -0.25) is 4.90 Å². The molecular formula is C20H24ClN3O5. The molecule has 0 spiro atoms. The Balaban J connectivity index is 1.49. The molecule has 0 radical (unpaired) electrons. The number of hydrogen-bond acceptors (Lipinski definition) is 7. The third kappa shape index (κ3) is 3.86.